The van der Waals surface area contributed by atoms with E-state index in [9.17, 15) is 0 Å². The van der Waals surface area contributed by atoms with Gasteiger partial charge in [0.2, 0.25) is 0 Å². The highest BCUT2D eigenvalue weighted by Gasteiger charge is 2.20. The molecular formula is C10H23N. The van der Waals surface area contributed by atoms with E-state index in [0.717, 1.165) is 5.92 Å². The molecule has 0 saturated heterocycles. The third kappa shape index (κ3) is 4.41. The van der Waals surface area contributed by atoms with Gasteiger partial charge in [-0.15, -0.1) is 0 Å². The third-order valence-electron chi connectivity index (χ3n) is 2.68. The predicted molar refractivity (Wildman–Crippen MR) is 51.8 cm³/mol. The Bertz CT molecular complexity index is 102. The highest BCUT2D eigenvalue weighted by atomic mass is 14.8. The highest BCUT2D eigenvalue weighted by Crippen LogP contribution is 2.28. The molecular weight excluding hydrogens is 134 g/mol. The molecule has 2 atom stereocenters. The van der Waals surface area contributed by atoms with Crippen LogP contribution in [0, 0.1) is 11.3 Å². The molecule has 0 radical (unpaired) electrons. The van der Waals surface area contributed by atoms with Crippen LogP contribution in [0.1, 0.15) is 41.0 Å². The van der Waals surface area contributed by atoms with E-state index in [4.69, 9.17) is 0 Å². The summed E-state index contributed by atoms with van der Waals surface area (Å²) < 4.78 is 0. The molecule has 11 heavy (non-hydrogen) atoms. The predicted octanol–water partition coefficient (Wildman–Crippen LogP) is 2.67. The fourth-order valence-corrected chi connectivity index (χ4v) is 1.00. The lowest BCUT2D eigenvalue weighted by Gasteiger charge is -2.29. The Morgan fingerprint density at radius 2 is 1.64 bits per heavy atom. The molecule has 1 heteroatoms. The minimum absolute atomic E-state index is 0.450. The molecule has 2 unspecified atom stereocenters. The third-order valence-corrected chi connectivity index (χ3v) is 2.68. The molecule has 1 N–H and O–H groups in total. The monoisotopic (exact) mass is 157 g/mol. The van der Waals surface area contributed by atoms with Gasteiger partial charge in [-0.05, 0) is 31.7 Å². The van der Waals surface area contributed by atoms with Gasteiger partial charge < -0.3 is 5.32 Å². The summed E-state index contributed by atoms with van der Waals surface area (Å²) in [6.07, 6.45) is 1.26. The van der Waals surface area contributed by atoms with Crippen LogP contribution in [0.15, 0.2) is 0 Å². The van der Waals surface area contributed by atoms with E-state index in [1.807, 2.05) is 7.05 Å². The van der Waals surface area contributed by atoms with Gasteiger partial charge in [-0.2, -0.15) is 0 Å². The first kappa shape index (κ1) is 11.0. The Balaban J connectivity index is 3.77. The molecule has 0 spiro atoms. The summed E-state index contributed by atoms with van der Waals surface area (Å²) in [6, 6.07) is 0.643. The van der Waals surface area contributed by atoms with E-state index in [0.29, 0.717) is 11.5 Å². The first-order chi connectivity index (χ1) is 4.88. The minimum atomic E-state index is 0.450. The molecule has 1 nitrogen and oxygen atoms in total. The number of hydrogen-bond acceptors (Lipinski definition) is 1. The fourth-order valence-electron chi connectivity index (χ4n) is 1.00. The lowest BCUT2D eigenvalue weighted by Crippen LogP contribution is -2.28. The normalized spacial score (nSPS) is 18.0. The maximum atomic E-state index is 3.27. The summed E-state index contributed by atoms with van der Waals surface area (Å²) in [5.41, 5.74) is 0.450. The molecule has 0 rings (SSSR count). The topological polar surface area (TPSA) is 12.0 Å². The Hall–Kier alpha value is -0.0400. The van der Waals surface area contributed by atoms with Crippen molar-refractivity contribution < 1.29 is 0 Å². The molecule has 0 amide bonds. The van der Waals surface area contributed by atoms with E-state index in [2.05, 4.69) is 39.9 Å². The van der Waals surface area contributed by atoms with Gasteiger partial charge in [-0.25, -0.2) is 0 Å². The first-order valence-electron chi connectivity index (χ1n) is 4.55. The van der Waals surface area contributed by atoms with E-state index >= 15 is 0 Å². The summed E-state index contributed by atoms with van der Waals surface area (Å²) in [7, 11) is 2.03. The highest BCUT2D eigenvalue weighted by molar-refractivity contribution is 4.73. The SMILES string of the molecule is CNC(C)CC(C)C(C)(C)C. The smallest absolute Gasteiger partial charge is 0.00384 e. The first-order valence-corrected chi connectivity index (χ1v) is 4.55. The Morgan fingerprint density at radius 3 is 1.91 bits per heavy atom. The Kier molecular flexibility index (Phi) is 4.09. The second kappa shape index (κ2) is 4.10. The van der Waals surface area contributed by atoms with E-state index in [-0.39, 0.29) is 0 Å². The van der Waals surface area contributed by atoms with Gasteiger partial charge in [0.25, 0.3) is 0 Å². The van der Waals surface area contributed by atoms with Crippen LogP contribution in [-0.2, 0) is 0 Å². The van der Waals surface area contributed by atoms with Gasteiger partial charge in [0.1, 0.15) is 0 Å². The molecule has 0 aromatic rings. The van der Waals surface area contributed by atoms with Crippen molar-refractivity contribution in [1.29, 1.82) is 0 Å². The van der Waals surface area contributed by atoms with Crippen LogP contribution in [0.5, 0.6) is 0 Å². The number of hydrogen-bond donors (Lipinski definition) is 1. The van der Waals surface area contributed by atoms with Crippen LogP contribution in [0.25, 0.3) is 0 Å². The number of nitrogens with one attached hydrogen (secondary N) is 1. The maximum absolute atomic E-state index is 3.27. The van der Waals surface area contributed by atoms with Crippen LogP contribution in [0.4, 0.5) is 0 Å². The average Bonchev–Trinajstić information content (AvgIpc) is 1.85. The molecule has 0 aromatic heterocycles. The van der Waals surface area contributed by atoms with E-state index in [1.165, 1.54) is 6.42 Å². The second-order valence-corrected chi connectivity index (χ2v) is 4.69. The summed E-state index contributed by atoms with van der Waals surface area (Å²) in [5.74, 6) is 0.782. The van der Waals surface area contributed by atoms with Gasteiger partial charge in [-0.1, -0.05) is 27.7 Å². The van der Waals surface area contributed by atoms with Crippen molar-refractivity contribution in [1.82, 2.24) is 5.32 Å². The molecule has 0 aromatic carbocycles. The van der Waals surface area contributed by atoms with E-state index < -0.39 is 0 Å². The summed E-state index contributed by atoms with van der Waals surface area (Å²) >= 11 is 0. The standard InChI is InChI=1S/C10H23N/c1-8(10(3,4)5)7-9(2)11-6/h8-9,11H,7H2,1-6H3. The van der Waals surface area contributed by atoms with Gasteiger partial charge >= 0.3 is 0 Å². The van der Waals surface area contributed by atoms with Crippen molar-refractivity contribution in [2.24, 2.45) is 11.3 Å². The molecule has 0 aliphatic rings. The van der Waals surface area contributed by atoms with Gasteiger partial charge in [0.05, 0.1) is 0 Å². The van der Waals surface area contributed by atoms with Gasteiger partial charge in [0, 0.05) is 6.04 Å². The quantitative estimate of drug-likeness (QED) is 0.664. The van der Waals surface area contributed by atoms with Gasteiger partial charge in [0.15, 0.2) is 0 Å². The van der Waals surface area contributed by atoms with E-state index in [1.54, 1.807) is 0 Å². The second-order valence-electron chi connectivity index (χ2n) is 4.69. The maximum Gasteiger partial charge on any atom is 0.00384 e. The number of rotatable bonds is 3. The van der Waals surface area contributed by atoms with Gasteiger partial charge in [-0.3, -0.25) is 0 Å². The molecule has 0 aliphatic heterocycles. The Morgan fingerprint density at radius 1 is 1.18 bits per heavy atom. The van der Waals surface area contributed by atoms with Crippen molar-refractivity contribution in [3.05, 3.63) is 0 Å². The summed E-state index contributed by atoms with van der Waals surface area (Å²) in [5, 5.41) is 3.27. The zero-order valence-corrected chi connectivity index (χ0v) is 8.86. The zero-order valence-electron chi connectivity index (χ0n) is 8.86. The van der Waals surface area contributed by atoms with Crippen LogP contribution in [0.3, 0.4) is 0 Å². The largest absolute Gasteiger partial charge is 0.317 e. The van der Waals surface area contributed by atoms with Crippen molar-refractivity contribution in [2.45, 2.75) is 47.1 Å². The summed E-state index contributed by atoms with van der Waals surface area (Å²) in [6.45, 7) is 11.5. The zero-order chi connectivity index (χ0) is 9.07. The molecule has 0 bridgehead atoms. The molecule has 0 saturated carbocycles. The van der Waals surface area contributed by atoms with Crippen LogP contribution in [-0.4, -0.2) is 13.1 Å². The lowest BCUT2D eigenvalue weighted by atomic mass is 9.79. The average molecular weight is 157 g/mol. The van der Waals surface area contributed by atoms with Crippen molar-refractivity contribution >= 4 is 0 Å². The van der Waals surface area contributed by atoms with Crippen LogP contribution in [0.2, 0.25) is 0 Å². The van der Waals surface area contributed by atoms with Crippen LogP contribution < -0.4 is 5.32 Å². The molecule has 0 aliphatic carbocycles. The van der Waals surface area contributed by atoms with Crippen molar-refractivity contribution in [2.75, 3.05) is 7.05 Å². The molecule has 68 valence electrons. The molecule has 0 fully saturated rings. The van der Waals surface area contributed by atoms with Crippen LogP contribution >= 0.6 is 0 Å². The Labute approximate surface area is 71.6 Å². The summed E-state index contributed by atoms with van der Waals surface area (Å²) in [4.78, 5) is 0. The molecule has 0 heterocycles. The lowest BCUT2D eigenvalue weighted by molar-refractivity contribution is 0.229. The minimum Gasteiger partial charge on any atom is -0.317 e. The fraction of sp³-hybridized carbons (Fsp3) is 1.00. The van der Waals surface area contributed by atoms with Crippen molar-refractivity contribution in [3.63, 3.8) is 0 Å². The van der Waals surface area contributed by atoms with Crippen molar-refractivity contribution in [3.8, 4) is 0 Å².